The number of nitrogens with zero attached hydrogens (tertiary/aromatic N) is 3. The van der Waals surface area contributed by atoms with Crippen LogP contribution in [0.3, 0.4) is 0 Å². The van der Waals surface area contributed by atoms with Gasteiger partial charge >= 0.3 is 0 Å². The third-order valence-corrected chi connectivity index (χ3v) is 3.27. The molecule has 0 spiro atoms. The molecular weight excluding hydrogens is 242 g/mol. The van der Waals surface area contributed by atoms with Gasteiger partial charge in [0.2, 0.25) is 5.75 Å². The summed E-state index contributed by atoms with van der Waals surface area (Å²) in [5, 5.41) is 0. The normalized spacial score (nSPS) is 13.3. The van der Waals surface area contributed by atoms with Crippen LogP contribution in [0.5, 0.6) is 5.75 Å². The van der Waals surface area contributed by atoms with Gasteiger partial charge in [0.05, 0.1) is 7.11 Å². The molecule has 1 aliphatic rings. The second-order valence-corrected chi connectivity index (χ2v) is 4.35. The number of benzene rings is 1. The Balaban J connectivity index is 1.97. The monoisotopic (exact) mass is 257 g/mol. The molecule has 0 radical (unpaired) electrons. The number of hydrogen-bond acceptors (Lipinski definition) is 6. The summed E-state index contributed by atoms with van der Waals surface area (Å²) >= 11 is 0. The lowest BCUT2D eigenvalue weighted by Gasteiger charge is -2.20. The van der Waals surface area contributed by atoms with Crippen molar-refractivity contribution in [2.24, 2.45) is 5.84 Å². The van der Waals surface area contributed by atoms with Crippen molar-refractivity contribution < 1.29 is 4.74 Å². The minimum Gasteiger partial charge on any atom is -0.490 e. The summed E-state index contributed by atoms with van der Waals surface area (Å²) in [6.45, 7) is 1.63. The zero-order valence-corrected chi connectivity index (χ0v) is 10.6. The third-order valence-electron chi connectivity index (χ3n) is 3.27. The van der Waals surface area contributed by atoms with Crippen LogP contribution in [0.15, 0.2) is 30.6 Å². The van der Waals surface area contributed by atoms with Gasteiger partial charge in [-0.1, -0.05) is 24.3 Å². The minimum absolute atomic E-state index is 0.489. The number of nitrogens with two attached hydrogens (primary N) is 1. The molecule has 98 valence electrons. The Morgan fingerprint density at radius 2 is 1.89 bits per heavy atom. The van der Waals surface area contributed by atoms with Gasteiger partial charge in [0.1, 0.15) is 6.33 Å². The molecule has 0 fully saturated rings. The number of nitrogens with one attached hydrogen (secondary N) is 1. The van der Waals surface area contributed by atoms with E-state index in [9.17, 15) is 0 Å². The van der Waals surface area contributed by atoms with Crippen molar-refractivity contribution in [3.05, 3.63) is 41.7 Å². The zero-order valence-electron chi connectivity index (χ0n) is 10.6. The maximum Gasteiger partial charge on any atom is 0.205 e. The molecule has 3 rings (SSSR count). The molecule has 0 unspecified atom stereocenters. The average Bonchev–Trinajstić information content (AvgIpc) is 2.89. The van der Waals surface area contributed by atoms with E-state index in [0.717, 1.165) is 18.9 Å². The highest BCUT2D eigenvalue weighted by molar-refractivity contribution is 5.65. The van der Waals surface area contributed by atoms with Crippen LogP contribution in [0.25, 0.3) is 0 Å². The van der Waals surface area contributed by atoms with E-state index in [4.69, 9.17) is 10.6 Å². The first-order chi connectivity index (χ1) is 9.33. The number of rotatable bonds is 3. The van der Waals surface area contributed by atoms with Gasteiger partial charge < -0.3 is 15.1 Å². The van der Waals surface area contributed by atoms with Crippen molar-refractivity contribution in [1.29, 1.82) is 0 Å². The number of anilines is 2. The molecule has 0 atom stereocenters. The van der Waals surface area contributed by atoms with Crippen molar-refractivity contribution >= 4 is 11.6 Å². The molecule has 0 bridgehead atoms. The molecule has 1 aromatic heterocycles. The standard InChI is InChI=1S/C13H15N5O/c1-19-11-12(17-14)15-8-16-13(11)18-6-9-4-2-3-5-10(9)7-18/h2-5,8H,6-7,14H2,1H3,(H,15,16,17). The first-order valence-corrected chi connectivity index (χ1v) is 6.01. The summed E-state index contributed by atoms with van der Waals surface area (Å²) in [5.74, 6) is 7.25. The van der Waals surface area contributed by atoms with E-state index < -0.39 is 0 Å². The number of nitrogen functional groups attached to an aromatic ring is 1. The third kappa shape index (κ3) is 1.96. The summed E-state index contributed by atoms with van der Waals surface area (Å²) in [4.78, 5) is 10.5. The number of aromatic nitrogens is 2. The number of methoxy groups -OCH3 is 1. The van der Waals surface area contributed by atoms with Crippen LogP contribution >= 0.6 is 0 Å². The van der Waals surface area contributed by atoms with Crippen molar-refractivity contribution in [1.82, 2.24) is 9.97 Å². The molecule has 6 heteroatoms. The van der Waals surface area contributed by atoms with Crippen molar-refractivity contribution in [3.63, 3.8) is 0 Å². The zero-order chi connectivity index (χ0) is 13.2. The topological polar surface area (TPSA) is 76.3 Å². The maximum absolute atomic E-state index is 5.44. The van der Waals surface area contributed by atoms with Gasteiger partial charge in [0.25, 0.3) is 0 Å². The summed E-state index contributed by atoms with van der Waals surface area (Å²) in [7, 11) is 1.59. The summed E-state index contributed by atoms with van der Waals surface area (Å²) < 4.78 is 5.37. The van der Waals surface area contributed by atoms with Gasteiger partial charge in [-0.05, 0) is 11.1 Å². The highest BCUT2D eigenvalue weighted by Gasteiger charge is 2.24. The van der Waals surface area contributed by atoms with Crippen LogP contribution in [-0.4, -0.2) is 17.1 Å². The lowest BCUT2D eigenvalue weighted by atomic mass is 10.1. The molecule has 3 N–H and O–H groups in total. The summed E-state index contributed by atoms with van der Waals surface area (Å²) in [6, 6.07) is 8.36. The minimum atomic E-state index is 0.489. The van der Waals surface area contributed by atoms with Gasteiger partial charge in [-0.2, -0.15) is 0 Å². The fraction of sp³-hybridized carbons (Fsp3) is 0.231. The van der Waals surface area contributed by atoms with Crippen LogP contribution in [0.2, 0.25) is 0 Å². The highest BCUT2D eigenvalue weighted by atomic mass is 16.5. The molecule has 0 amide bonds. The number of fused-ring (bicyclic) bond motifs is 1. The predicted molar refractivity (Wildman–Crippen MR) is 72.7 cm³/mol. The smallest absolute Gasteiger partial charge is 0.205 e. The number of hydrogen-bond donors (Lipinski definition) is 2. The van der Waals surface area contributed by atoms with E-state index in [1.54, 1.807) is 7.11 Å². The highest BCUT2D eigenvalue weighted by Crippen LogP contribution is 2.35. The molecule has 2 heterocycles. The number of ether oxygens (including phenoxy) is 1. The van der Waals surface area contributed by atoms with Gasteiger partial charge in [0, 0.05) is 13.1 Å². The Hall–Kier alpha value is -2.34. The molecular formula is C13H15N5O. The quantitative estimate of drug-likeness (QED) is 0.637. The molecule has 0 saturated heterocycles. The maximum atomic E-state index is 5.44. The Morgan fingerprint density at radius 1 is 1.21 bits per heavy atom. The van der Waals surface area contributed by atoms with Crippen molar-refractivity contribution in [2.45, 2.75) is 13.1 Å². The fourth-order valence-corrected chi connectivity index (χ4v) is 2.36. The predicted octanol–water partition coefficient (Wildman–Crippen LogP) is 1.29. The van der Waals surface area contributed by atoms with Crippen LogP contribution in [0, 0.1) is 0 Å². The molecule has 2 aromatic rings. The Kier molecular flexibility index (Phi) is 2.92. The van der Waals surface area contributed by atoms with Crippen LogP contribution in [0.1, 0.15) is 11.1 Å². The fourth-order valence-electron chi connectivity index (χ4n) is 2.36. The van der Waals surface area contributed by atoms with Gasteiger partial charge in [-0.15, -0.1) is 0 Å². The summed E-state index contributed by atoms with van der Waals surface area (Å²) in [5.41, 5.74) is 5.15. The van der Waals surface area contributed by atoms with Crippen LogP contribution in [0.4, 0.5) is 11.6 Å². The second kappa shape index (κ2) is 4.74. The van der Waals surface area contributed by atoms with E-state index in [0.29, 0.717) is 11.6 Å². The van der Waals surface area contributed by atoms with Crippen molar-refractivity contribution in [3.8, 4) is 5.75 Å². The van der Waals surface area contributed by atoms with Gasteiger partial charge in [-0.25, -0.2) is 15.8 Å². The largest absolute Gasteiger partial charge is 0.490 e. The Bertz CT molecular complexity index is 576. The first-order valence-electron chi connectivity index (χ1n) is 6.01. The second-order valence-electron chi connectivity index (χ2n) is 4.35. The summed E-state index contributed by atoms with van der Waals surface area (Å²) in [6.07, 6.45) is 1.48. The number of hydrazine groups is 1. The first kappa shape index (κ1) is 11.7. The van der Waals surface area contributed by atoms with Gasteiger partial charge in [-0.3, -0.25) is 0 Å². The molecule has 6 nitrogen and oxygen atoms in total. The molecule has 1 aliphatic heterocycles. The van der Waals surface area contributed by atoms with Crippen molar-refractivity contribution in [2.75, 3.05) is 17.4 Å². The molecule has 19 heavy (non-hydrogen) atoms. The van der Waals surface area contributed by atoms with Gasteiger partial charge in [0.15, 0.2) is 11.6 Å². The Morgan fingerprint density at radius 3 is 2.47 bits per heavy atom. The van der Waals surface area contributed by atoms with Crippen LogP contribution in [-0.2, 0) is 13.1 Å². The lowest BCUT2D eigenvalue weighted by Crippen LogP contribution is -2.19. The molecule has 1 aromatic carbocycles. The SMILES string of the molecule is COc1c(NN)ncnc1N1Cc2ccccc2C1. The van der Waals surface area contributed by atoms with E-state index >= 15 is 0 Å². The molecule has 0 aliphatic carbocycles. The lowest BCUT2D eigenvalue weighted by molar-refractivity contribution is 0.412. The van der Waals surface area contributed by atoms with E-state index in [-0.39, 0.29) is 0 Å². The molecule has 0 saturated carbocycles. The average molecular weight is 257 g/mol. The van der Waals surface area contributed by atoms with E-state index in [1.165, 1.54) is 17.5 Å². The van der Waals surface area contributed by atoms with Crippen LogP contribution < -0.4 is 20.9 Å². The Labute approximate surface area is 111 Å². The van der Waals surface area contributed by atoms with E-state index in [2.05, 4.69) is 32.4 Å². The van der Waals surface area contributed by atoms with E-state index in [1.807, 2.05) is 12.1 Å².